The Balaban J connectivity index is 1.79. The van der Waals surface area contributed by atoms with E-state index in [0.29, 0.717) is 23.0 Å². The molecule has 0 atom stereocenters. The first-order valence-electron chi connectivity index (χ1n) is 8.20. The maximum atomic E-state index is 11.2. The first-order chi connectivity index (χ1) is 13.2. The zero-order valence-electron chi connectivity index (χ0n) is 14.2. The summed E-state index contributed by atoms with van der Waals surface area (Å²) in [5.41, 5.74) is 7.34. The molecule has 3 N–H and O–H groups in total. The lowest BCUT2D eigenvalue weighted by Gasteiger charge is -2.13. The van der Waals surface area contributed by atoms with E-state index in [-0.39, 0.29) is 0 Å². The zero-order chi connectivity index (χ0) is 18.6. The molecule has 4 rings (SSSR count). The molecule has 0 saturated carbocycles. The van der Waals surface area contributed by atoms with E-state index in [2.05, 4.69) is 20.3 Å². The number of urea groups is 1. The van der Waals surface area contributed by atoms with Crippen molar-refractivity contribution < 1.29 is 9.53 Å². The number of amides is 2. The lowest BCUT2D eigenvalue weighted by atomic mass is 10.1. The highest BCUT2D eigenvalue weighted by atomic mass is 16.5. The molecule has 0 unspecified atom stereocenters. The van der Waals surface area contributed by atoms with Gasteiger partial charge >= 0.3 is 6.03 Å². The van der Waals surface area contributed by atoms with E-state index < -0.39 is 6.03 Å². The van der Waals surface area contributed by atoms with Crippen LogP contribution in [0.1, 0.15) is 0 Å². The second kappa shape index (κ2) is 7.09. The molecule has 0 spiro atoms. The predicted octanol–water partition coefficient (Wildman–Crippen LogP) is 3.97. The van der Waals surface area contributed by atoms with Crippen LogP contribution in [0.5, 0.6) is 11.6 Å². The number of nitrogens with two attached hydrogens (primary N) is 1. The molecule has 7 heteroatoms. The number of nitrogens with zero attached hydrogens (tertiary/aromatic N) is 3. The summed E-state index contributed by atoms with van der Waals surface area (Å²) in [6.45, 7) is 0. The lowest BCUT2D eigenvalue weighted by Crippen LogP contribution is -2.19. The number of ether oxygens (including phenoxy) is 1. The Morgan fingerprint density at radius 1 is 0.926 bits per heavy atom. The van der Waals surface area contributed by atoms with Gasteiger partial charge in [0.15, 0.2) is 0 Å². The normalized spacial score (nSPS) is 10.5. The van der Waals surface area contributed by atoms with Crippen molar-refractivity contribution >= 4 is 22.5 Å². The number of pyridine rings is 1. The van der Waals surface area contributed by atoms with E-state index >= 15 is 0 Å². The van der Waals surface area contributed by atoms with Crippen molar-refractivity contribution in [3.8, 4) is 22.9 Å². The van der Waals surface area contributed by atoms with Gasteiger partial charge < -0.3 is 15.8 Å². The van der Waals surface area contributed by atoms with Gasteiger partial charge in [0.1, 0.15) is 12.1 Å². The fourth-order valence-electron chi connectivity index (χ4n) is 2.82. The smallest absolute Gasteiger partial charge is 0.316 e. The zero-order valence-corrected chi connectivity index (χ0v) is 14.2. The van der Waals surface area contributed by atoms with E-state index in [1.54, 1.807) is 30.6 Å². The third-order valence-electron chi connectivity index (χ3n) is 3.98. The summed E-state index contributed by atoms with van der Waals surface area (Å²) in [4.78, 5) is 23.8. The van der Waals surface area contributed by atoms with Gasteiger partial charge in [0.2, 0.25) is 5.88 Å². The number of hydrogen-bond acceptors (Lipinski definition) is 5. The minimum absolute atomic E-state index is 0.428. The molecular weight excluding hydrogens is 342 g/mol. The fraction of sp³-hybridized carbons (Fsp3) is 0. The van der Waals surface area contributed by atoms with Gasteiger partial charge in [0, 0.05) is 23.2 Å². The maximum absolute atomic E-state index is 11.2. The molecule has 2 amide bonds. The van der Waals surface area contributed by atoms with E-state index in [9.17, 15) is 4.79 Å². The molecule has 7 nitrogen and oxygen atoms in total. The standard InChI is InChI=1S/C20H15N5O2/c21-20(26)25-17-7-8-18(14-5-2-1-4-13(14)17)27-19-15(6-3-10-23-19)16-9-11-22-12-24-16/h1-12H,(H3,21,25,26). The van der Waals surface area contributed by atoms with Gasteiger partial charge in [-0.3, -0.25) is 0 Å². The highest BCUT2D eigenvalue weighted by molar-refractivity contribution is 6.03. The molecule has 0 radical (unpaired) electrons. The second-order valence-electron chi connectivity index (χ2n) is 5.70. The van der Waals surface area contributed by atoms with Gasteiger partial charge in [-0.25, -0.2) is 19.7 Å². The molecule has 0 aliphatic heterocycles. The van der Waals surface area contributed by atoms with Crippen molar-refractivity contribution in [2.75, 3.05) is 5.32 Å². The number of carbonyl (C=O) groups excluding carboxylic acids is 1. The Kier molecular flexibility index (Phi) is 4.32. The second-order valence-corrected chi connectivity index (χ2v) is 5.70. The number of aromatic nitrogens is 3. The minimum Gasteiger partial charge on any atom is -0.438 e. The number of nitrogens with one attached hydrogen (secondary N) is 1. The molecule has 0 saturated heterocycles. The van der Waals surface area contributed by atoms with Crippen LogP contribution in [0.4, 0.5) is 10.5 Å². The van der Waals surface area contributed by atoms with Crippen LogP contribution in [0.2, 0.25) is 0 Å². The SMILES string of the molecule is NC(=O)Nc1ccc(Oc2ncccc2-c2ccncn2)c2ccccc12. The van der Waals surface area contributed by atoms with E-state index in [0.717, 1.165) is 16.3 Å². The van der Waals surface area contributed by atoms with Crippen LogP contribution in [0.25, 0.3) is 22.0 Å². The molecule has 132 valence electrons. The molecular formula is C20H15N5O2. The fourth-order valence-corrected chi connectivity index (χ4v) is 2.82. The van der Waals surface area contributed by atoms with Gasteiger partial charge in [-0.15, -0.1) is 0 Å². The van der Waals surface area contributed by atoms with E-state index in [1.807, 2.05) is 36.4 Å². The summed E-state index contributed by atoms with van der Waals surface area (Å²) in [6.07, 6.45) is 4.80. The molecule has 0 bridgehead atoms. The van der Waals surface area contributed by atoms with Crippen molar-refractivity contribution in [3.05, 3.63) is 73.3 Å². The van der Waals surface area contributed by atoms with Gasteiger partial charge in [-0.05, 0) is 30.3 Å². The molecule has 0 fully saturated rings. The highest BCUT2D eigenvalue weighted by Crippen LogP contribution is 2.36. The number of anilines is 1. The lowest BCUT2D eigenvalue weighted by molar-refractivity contribution is 0.259. The van der Waals surface area contributed by atoms with Crippen LogP contribution in [-0.4, -0.2) is 21.0 Å². The Bertz CT molecular complexity index is 1120. The average Bonchev–Trinajstić information content (AvgIpc) is 2.70. The molecule has 2 aromatic carbocycles. The summed E-state index contributed by atoms with van der Waals surface area (Å²) in [7, 11) is 0. The van der Waals surface area contributed by atoms with Gasteiger partial charge in [0.05, 0.1) is 16.9 Å². The number of fused-ring (bicyclic) bond motifs is 1. The molecule has 0 aliphatic carbocycles. The van der Waals surface area contributed by atoms with Crippen molar-refractivity contribution in [2.45, 2.75) is 0 Å². The Labute approximate surface area is 154 Å². The molecule has 2 aromatic heterocycles. The van der Waals surface area contributed by atoms with Crippen molar-refractivity contribution in [1.82, 2.24) is 15.0 Å². The first kappa shape index (κ1) is 16.5. The van der Waals surface area contributed by atoms with Crippen molar-refractivity contribution in [2.24, 2.45) is 5.73 Å². The van der Waals surface area contributed by atoms with Gasteiger partial charge in [0.25, 0.3) is 0 Å². The van der Waals surface area contributed by atoms with Gasteiger partial charge in [-0.1, -0.05) is 24.3 Å². The number of hydrogen-bond donors (Lipinski definition) is 2. The minimum atomic E-state index is -0.621. The summed E-state index contributed by atoms with van der Waals surface area (Å²) in [6, 6.07) is 16.0. The topological polar surface area (TPSA) is 103 Å². The molecule has 27 heavy (non-hydrogen) atoms. The maximum Gasteiger partial charge on any atom is 0.316 e. The quantitative estimate of drug-likeness (QED) is 0.575. The monoisotopic (exact) mass is 357 g/mol. The van der Waals surface area contributed by atoms with Crippen LogP contribution < -0.4 is 15.8 Å². The van der Waals surface area contributed by atoms with Crippen LogP contribution in [-0.2, 0) is 0 Å². The summed E-state index contributed by atoms with van der Waals surface area (Å²) < 4.78 is 6.12. The predicted molar refractivity (Wildman–Crippen MR) is 102 cm³/mol. The number of benzene rings is 2. The Morgan fingerprint density at radius 3 is 2.56 bits per heavy atom. The van der Waals surface area contributed by atoms with Crippen LogP contribution in [0, 0.1) is 0 Å². The van der Waals surface area contributed by atoms with Crippen LogP contribution in [0.3, 0.4) is 0 Å². The van der Waals surface area contributed by atoms with Crippen LogP contribution in [0.15, 0.2) is 73.3 Å². The van der Waals surface area contributed by atoms with Crippen molar-refractivity contribution in [3.63, 3.8) is 0 Å². The van der Waals surface area contributed by atoms with Gasteiger partial charge in [-0.2, -0.15) is 0 Å². The Hall–Kier alpha value is -4.00. The number of rotatable bonds is 4. The third-order valence-corrected chi connectivity index (χ3v) is 3.98. The largest absolute Gasteiger partial charge is 0.438 e. The summed E-state index contributed by atoms with van der Waals surface area (Å²) in [5.74, 6) is 1.03. The first-order valence-corrected chi connectivity index (χ1v) is 8.20. The van der Waals surface area contributed by atoms with Crippen LogP contribution >= 0.6 is 0 Å². The van der Waals surface area contributed by atoms with Crippen molar-refractivity contribution in [1.29, 1.82) is 0 Å². The summed E-state index contributed by atoms with van der Waals surface area (Å²) >= 11 is 0. The molecule has 4 aromatic rings. The third kappa shape index (κ3) is 3.38. The van der Waals surface area contributed by atoms with E-state index in [1.165, 1.54) is 6.33 Å². The molecule has 2 heterocycles. The van der Waals surface area contributed by atoms with E-state index in [4.69, 9.17) is 10.5 Å². The Morgan fingerprint density at radius 2 is 1.78 bits per heavy atom. The highest BCUT2D eigenvalue weighted by Gasteiger charge is 2.13. The number of carbonyl (C=O) groups is 1. The average molecular weight is 357 g/mol. The molecule has 0 aliphatic rings. The summed E-state index contributed by atoms with van der Waals surface area (Å²) in [5, 5.41) is 4.26. The number of primary amides is 1.